The lowest BCUT2D eigenvalue weighted by Crippen LogP contribution is -2.50. The number of anilines is 1. The number of hydrogen-bond donors (Lipinski definition) is 1. The van der Waals surface area contributed by atoms with Gasteiger partial charge in [0.05, 0.1) is 10.6 Å². The number of benzene rings is 3. The molecule has 0 aromatic heterocycles. The van der Waals surface area contributed by atoms with E-state index in [0.717, 1.165) is 19.9 Å². The third-order valence-electron chi connectivity index (χ3n) is 5.68. The van der Waals surface area contributed by atoms with Gasteiger partial charge in [0.1, 0.15) is 12.6 Å². The number of amides is 2. The number of aryl methyl sites for hydroxylation is 1. The van der Waals surface area contributed by atoms with Crippen LogP contribution in [0.5, 0.6) is 0 Å². The quantitative estimate of drug-likeness (QED) is 0.388. The molecule has 36 heavy (non-hydrogen) atoms. The Morgan fingerprint density at radius 2 is 1.56 bits per heavy atom. The molecule has 0 aliphatic carbocycles. The first kappa shape index (κ1) is 27.7. The van der Waals surface area contributed by atoms with E-state index in [4.69, 9.17) is 11.6 Å². The Morgan fingerprint density at radius 3 is 2.11 bits per heavy atom. The number of nitrogens with one attached hydrogen (secondary N) is 1. The normalized spacial score (nSPS) is 12.0. The van der Waals surface area contributed by atoms with E-state index >= 15 is 0 Å². The van der Waals surface area contributed by atoms with Crippen molar-refractivity contribution >= 4 is 55.1 Å². The highest BCUT2D eigenvalue weighted by molar-refractivity contribution is 9.10. The second kappa shape index (κ2) is 11.9. The molecule has 2 amide bonds. The van der Waals surface area contributed by atoms with Gasteiger partial charge in [-0.05, 0) is 67.9 Å². The van der Waals surface area contributed by atoms with Crippen LogP contribution in [0.3, 0.4) is 0 Å². The number of sulfonamides is 1. The monoisotopic (exact) mass is 591 g/mol. The predicted octanol–water partition coefficient (Wildman–Crippen LogP) is 4.77. The molecule has 3 rings (SSSR count). The lowest BCUT2D eigenvalue weighted by atomic mass is 10.1. The summed E-state index contributed by atoms with van der Waals surface area (Å²) in [4.78, 5) is 27.5. The second-order valence-corrected chi connectivity index (χ2v) is 11.5. The van der Waals surface area contributed by atoms with Crippen LogP contribution < -0.4 is 9.62 Å². The molecular formula is C26H27BrClN3O4S. The molecule has 0 fully saturated rings. The van der Waals surface area contributed by atoms with Crippen molar-refractivity contribution in [1.82, 2.24) is 10.2 Å². The van der Waals surface area contributed by atoms with Crippen LogP contribution in [-0.2, 0) is 26.2 Å². The summed E-state index contributed by atoms with van der Waals surface area (Å²) in [6.45, 7) is 3.13. The van der Waals surface area contributed by atoms with Crippen LogP contribution in [0.15, 0.2) is 82.2 Å². The molecule has 0 aliphatic rings. The Kier molecular flexibility index (Phi) is 9.16. The topological polar surface area (TPSA) is 86.8 Å². The van der Waals surface area contributed by atoms with E-state index < -0.39 is 28.5 Å². The van der Waals surface area contributed by atoms with E-state index in [1.807, 2.05) is 31.2 Å². The summed E-state index contributed by atoms with van der Waals surface area (Å²) in [6, 6.07) is 19.1. The molecule has 3 aromatic carbocycles. The molecule has 3 aromatic rings. The highest BCUT2D eigenvalue weighted by Crippen LogP contribution is 2.26. The van der Waals surface area contributed by atoms with Crippen LogP contribution in [0.2, 0.25) is 5.02 Å². The minimum Gasteiger partial charge on any atom is -0.357 e. The van der Waals surface area contributed by atoms with E-state index in [2.05, 4.69) is 21.2 Å². The molecule has 1 unspecified atom stereocenters. The minimum atomic E-state index is -4.12. The van der Waals surface area contributed by atoms with Crippen molar-refractivity contribution in [2.45, 2.75) is 31.3 Å². The molecule has 1 N–H and O–H groups in total. The van der Waals surface area contributed by atoms with Gasteiger partial charge in [0.2, 0.25) is 11.8 Å². The SMILES string of the molecule is CNC(=O)C(C)N(Cc1ccc(Br)cc1)C(=O)CN(c1ccc(C)cc1)S(=O)(=O)c1ccc(Cl)cc1. The van der Waals surface area contributed by atoms with Gasteiger partial charge in [-0.2, -0.15) is 0 Å². The van der Waals surface area contributed by atoms with Crippen LogP contribution in [-0.4, -0.2) is 44.8 Å². The van der Waals surface area contributed by atoms with Gasteiger partial charge in [0.15, 0.2) is 0 Å². The van der Waals surface area contributed by atoms with Gasteiger partial charge in [0.25, 0.3) is 10.0 Å². The first-order valence-corrected chi connectivity index (χ1v) is 13.7. The fraction of sp³-hybridized carbons (Fsp3) is 0.231. The average Bonchev–Trinajstić information content (AvgIpc) is 2.86. The zero-order valence-electron chi connectivity index (χ0n) is 20.1. The molecule has 190 valence electrons. The van der Waals surface area contributed by atoms with Gasteiger partial charge >= 0.3 is 0 Å². The Bertz CT molecular complexity index is 1310. The number of nitrogens with zero attached hydrogens (tertiary/aromatic N) is 2. The average molecular weight is 593 g/mol. The summed E-state index contributed by atoms with van der Waals surface area (Å²) in [5, 5.41) is 2.96. The fourth-order valence-electron chi connectivity index (χ4n) is 3.55. The van der Waals surface area contributed by atoms with E-state index in [-0.39, 0.29) is 17.3 Å². The van der Waals surface area contributed by atoms with Gasteiger partial charge in [-0.25, -0.2) is 8.42 Å². The maximum atomic E-state index is 13.7. The third kappa shape index (κ3) is 6.66. The summed E-state index contributed by atoms with van der Waals surface area (Å²) >= 11 is 9.35. The van der Waals surface area contributed by atoms with Crippen LogP contribution in [0.25, 0.3) is 0 Å². The molecule has 1 atom stereocenters. The summed E-state index contributed by atoms with van der Waals surface area (Å²) in [5.41, 5.74) is 2.07. The number of carbonyl (C=O) groups is 2. The maximum Gasteiger partial charge on any atom is 0.264 e. The summed E-state index contributed by atoms with van der Waals surface area (Å²) < 4.78 is 29.3. The largest absolute Gasteiger partial charge is 0.357 e. The number of carbonyl (C=O) groups excluding carboxylic acids is 2. The molecule has 10 heteroatoms. The molecule has 0 spiro atoms. The van der Waals surface area contributed by atoms with Crippen molar-refractivity contribution in [3.8, 4) is 0 Å². The molecule has 0 aliphatic heterocycles. The van der Waals surface area contributed by atoms with Crippen molar-refractivity contribution in [1.29, 1.82) is 0 Å². The Hall–Kier alpha value is -2.88. The van der Waals surface area contributed by atoms with E-state index in [9.17, 15) is 18.0 Å². The van der Waals surface area contributed by atoms with Gasteiger partial charge in [-0.1, -0.05) is 57.4 Å². The number of halogens is 2. The van der Waals surface area contributed by atoms with Crippen LogP contribution in [0, 0.1) is 6.92 Å². The van der Waals surface area contributed by atoms with Crippen molar-refractivity contribution in [3.05, 3.63) is 93.4 Å². The van der Waals surface area contributed by atoms with Crippen LogP contribution in [0.4, 0.5) is 5.69 Å². The van der Waals surface area contributed by atoms with E-state index in [1.54, 1.807) is 31.2 Å². The van der Waals surface area contributed by atoms with Gasteiger partial charge in [-0.3, -0.25) is 13.9 Å². The van der Waals surface area contributed by atoms with Crippen molar-refractivity contribution in [2.75, 3.05) is 17.9 Å². The first-order valence-electron chi connectivity index (χ1n) is 11.1. The highest BCUT2D eigenvalue weighted by Gasteiger charge is 2.32. The zero-order chi connectivity index (χ0) is 26.5. The summed E-state index contributed by atoms with van der Waals surface area (Å²) in [6.07, 6.45) is 0. The van der Waals surface area contributed by atoms with E-state index in [1.165, 1.54) is 36.2 Å². The number of rotatable bonds is 9. The highest BCUT2D eigenvalue weighted by atomic mass is 79.9. The van der Waals surface area contributed by atoms with Crippen molar-refractivity contribution < 1.29 is 18.0 Å². The third-order valence-corrected chi connectivity index (χ3v) is 8.25. The summed E-state index contributed by atoms with van der Waals surface area (Å²) in [7, 11) is -2.63. The molecule has 0 radical (unpaired) electrons. The number of hydrogen-bond acceptors (Lipinski definition) is 4. The predicted molar refractivity (Wildman–Crippen MR) is 145 cm³/mol. The Balaban J connectivity index is 2.01. The smallest absolute Gasteiger partial charge is 0.264 e. The lowest BCUT2D eigenvalue weighted by molar-refractivity contribution is -0.139. The molecule has 0 heterocycles. The minimum absolute atomic E-state index is 0.000848. The van der Waals surface area contributed by atoms with Crippen LogP contribution in [0.1, 0.15) is 18.1 Å². The Morgan fingerprint density at radius 1 is 0.972 bits per heavy atom. The fourth-order valence-corrected chi connectivity index (χ4v) is 5.36. The maximum absolute atomic E-state index is 13.7. The summed E-state index contributed by atoms with van der Waals surface area (Å²) in [5.74, 6) is -0.880. The molecule has 0 saturated heterocycles. The standard InChI is InChI=1S/C26H27BrClN3O4S/c1-18-4-12-23(13-5-18)31(36(34,35)24-14-10-22(28)11-15-24)17-25(32)30(19(2)26(33)29-3)16-20-6-8-21(27)9-7-20/h4-15,19H,16-17H2,1-3H3,(H,29,33). The van der Waals surface area contributed by atoms with E-state index in [0.29, 0.717) is 10.7 Å². The molecule has 7 nitrogen and oxygen atoms in total. The zero-order valence-corrected chi connectivity index (χ0v) is 23.3. The van der Waals surface area contributed by atoms with Crippen molar-refractivity contribution in [3.63, 3.8) is 0 Å². The first-order chi connectivity index (χ1) is 17.0. The number of likely N-dealkylation sites (N-methyl/N-ethyl adjacent to an activating group) is 1. The molecule has 0 bridgehead atoms. The van der Waals surface area contributed by atoms with Gasteiger partial charge in [-0.15, -0.1) is 0 Å². The van der Waals surface area contributed by atoms with Gasteiger partial charge < -0.3 is 10.2 Å². The van der Waals surface area contributed by atoms with Crippen LogP contribution >= 0.6 is 27.5 Å². The second-order valence-electron chi connectivity index (χ2n) is 8.24. The molecular weight excluding hydrogens is 566 g/mol. The van der Waals surface area contributed by atoms with Gasteiger partial charge in [0, 0.05) is 23.1 Å². The Labute approximate surface area is 225 Å². The molecule has 0 saturated carbocycles. The lowest BCUT2D eigenvalue weighted by Gasteiger charge is -2.31. The van der Waals surface area contributed by atoms with Crippen molar-refractivity contribution in [2.24, 2.45) is 0 Å².